The van der Waals surface area contributed by atoms with E-state index in [1.165, 1.54) is 63.9 Å². The molecule has 0 spiro atoms. The largest absolute Gasteiger partial charge is 0.494 e. The van der Waals surface area contributed by atoms with Gasteiger partial charge in [-0.05, 0) is 60.4 Å². The van der Waals surface area contributed by atoms with Crippen LogP contribution in [-0.2, 0) is 9.53 Å². The number of carbonyl (C=O) groups excluding carboxylic acids is 2. The summed E-state index contributed by atoms with van der Waals surface area (Å²) in [6.07, 6.45) is 15.2. The fraction of sp³-hybridized carbons (Fsp3) is 0.500. The first-order chi connectivity index (χ1) is 19.5. The van der Waals surface area contributed by atoms with Crippen molar-refractivity contribution in [2.24, 2.45) is 5.92 Å². The maximum absolute atomic E-state index is 12.6. The number of benzene rings is 2. The van der Waals surface area contributed by atoms with Crippen molar-refractivity contribution in [3.8, 4) is 17.6 Å². The summed E-state index contributed by atoms with van der Waals surface area (Å²) in [6.45, 7) is 7.18. The van der Waals surface area contributed by atoms with Gasteiger partial charge < -0.3 is 14.2 Å². The fourth-order valence-electron chi connectivity index (χ4n) is 3.98. The summed E-state index contributed by atoms with van der Waals surface area (Å²) in [4.78, 5) is 24.7. The van der Waals surface area contributed by atoms with Crippen molar-refractivity contribution in [1.82, 2.24) is 0 Å². The van der Waals surface area contributed by atoms with Gasteiger partial charge in [-0.25, -0.2) is 9.59 Å². The lowest BCUT2D eigenvalue weighted by molar-refractivity contribution is -0.139. The molecule has 1 unspecified atom stereocenters. The predicted molar refractivity (Wildman–Crippen MR) is 159 cm³/mol. The highest BCUT2D eigenvalue weighted by molar-refractivity contribution is 5.98. The first-order valence-electron chi connectivity index (χ1n) is 14.8. The Bertz CT molecular complexity index is 1080. The number of esters is 2. The van der Waals surface area contributed by atoms with Gasteiger partial charge in [0.2, 0.25) is 0 Å². The highest BCUT2D eigenvalue weighted by atomic mass is 16.5. The Hall–Kier alpha value is -3.59. The zero-order chi connectivity index (χ0) is 29.0. The molecule has 2 aromatic rings. The van der Waals surface area contributed by atoms with Crippen LogP contribution in [0.15, 0.2) is 54.1 Å². The van der Waals surface area contributed by atoms with Gasteiger partial charge in [0.1, 0.15) is 23.1 Å². The average Bonchev–Trinajstić information content (AvgIpc) is 2.98. The molecule has 0 radical (unpaired) electrons. The van der Waals surface area contributed by atoms with Crippen LogP contribution in [0.4, 0.5) is 0 Å². The molecule has 0 N–H and O–H groups in total. The Morgan fingerprint density at radius 2 is 1.40 bits per heavy atom. The normalized spacial score (nSPS) is 11.9. The van der Waals surface area contributed by atoms with Crippen LogP contribution in [0.2, 0.25) is 0 Å². The maximum atomic E-state index is 12.6. The molecule has 0 aliphatic rings. The van der Waals surface area contributed by atoms with E-state index in [2.05, 4.69) is 6.92 Å². The Morgan fingerprint density at radius 3 is 1.98 bits per heavy atom. The molecular formula is C34H45NO5. The van der Waals surface area contributed by atoms with Crippen LogP contribution in [0.1, 0.15) is 107 Å². The van der Waals surface area contributed by atoms with Crippen molar-refractivity contribution in [3.05, 3.63) is 65.2 Å². The summed E-state index contributed by atoms with van der Waals surface area (Å²) >= 11 is 0. The SMILES string of the molecule is CCCCCCCCCCCCOc1ccc(C(=O)Oc2ccc(/C=C(\C#N)C(=O)OCC(C)CC)cc2)cc1. The quantitative estimate of drug-likeness (QED) is 0.0575. The van der Waals surface area contributed by atoms with Crippen molar-refractivity contribution in [2.75, 3.05) is 13.2 Å². The number of nitriles is 1. The highest BCUT2D eigenvalue weighted by Gasteiger charge is 2.13. The summed E-state index contributed by atoms with van der Waals surface area (Å²) in [5.41, 5.74) is 0.968. The van der Waals surface area contributed by atoms with E-state index in [1.54, 1.807) is 48.5 Å². The molecule has 2 rings (SSSR count). The molecule has 0 aliphatic heterocycles. The Morgan fingerprint density at radius 1 is 0.825 bits per heavy atom. The summed E-state index contributed by atoms with van der Waals surface area (Å²) in [5.74, 6) is 0.210. The minimum absolute atomic E-state index is 0.0801. The zero-order valence-corrected chi connectivity index (χ0v) is 24.5. The van der Waals surface area contributed by atoms with Gasteiger partial charge in [-0.3, -0.25) is 0 Å². The van der Waals surface area contributed by atoms with Gasteiger partial charge >= 0.3 is 11.9 Å². The minimum Gasteiger partial charge on any atom is -0.494 e. The van der Waals surface area contributed by atoms with E-state index in [-0.39, 0.29) is 18.1 Å². The second kappa shape index (κ2) is 19.5. The number of carbonyl (C=O) groups is 2. The molecule has 2 aromatic carbocycles. The van der Waals surface area contributed by atoms with Gasteiger partial charge in [-0.1, -0.05) is 97.1 Å². The third kappa shape index (κ3) is 13.0. The molecule has 0 amide bonds. The second-order valence-electron chi connectivity index (χ2n) is 10.3. The van der Waals surface area contributed by atoms with Crippen molar-refractivity contribution in [1.29, 1.82) is 5.26 Å². The molecule has 0 heterocycles. The van der Waals surface area contributed by atoms with E-state index >= 15 is 0 Å². The number of unbranched alkanes of at least 4 members (excludes halogenated alkanes) is 9. The molecule has 6 heteroatoms. The third-order valence-corrected chi connectivity index (χ3v) is 6.79. The van der Waals surface area contributed by atoms with Gasteiger partial charge in [-0.2, -0.15) is 5.26 Å². The van der Waals surface area contributed by atoms with Crippen LogP contribution < -0.4 is 9.47 Å². The van der Waals surface area contributed by atoms with Gasteiger partial charge in [0, 0.05) is 0 Å². The monoisotopic (exact) mass is 547 g/mol. The van der Waals surface area contributed by atoms with Crippen molar-refractivity contribution in [2.45, 2.75) is 91.4 Å². The van der Waals surface area contributed by atoms with Gasteiger partial charge in [0.25, 0.3) is 0 Å². The summed E-state index contributed by atoms with van der Waals surface area (Å²) in [6, 6.07) is 15.4. The van der Waals surface area contributed by atoms with Crippen LogP contribution in [-0.4, -0.2) is 25.2 Å². The summed E-state index contributed by atoms with van der Waals surface area (Å²) < 4.78 is 16.5. The molecule has 1 atom stereocenters. The zero-order valence-electron chi connectivity index (χ0n) is 24.5. The lowest BCUT2D eigenvalue weighted by Gasteiger charge is -2.09. The summed E-state index contributed by atoms with van der Waals surface area (Å²) in [5, 5.41) is 9.33. The maximum Gasteiger partial charge on any atom is 0.348 e. The molecule has 0 bridgehead atoms. The number of ether oxygens (including phenoxy) is 3. The van der Waals surface area contributed by atoms with Crippen LogP contribution in [0.5, 0.6) is 11.5 Å². The van der Waals surface area contributed by atoms with E-state index in [1.807, 2.05) is 19.9 Å². The third-order valence-electron chi connectivity index (χ3n) is 6.79. The lowest BCUT2D eigenvalue weighted by Crippen LogP contribution is -2.12. The Balaban J connectivity index is 1.73. The van der Waals surface area contributed by atoms with Crippen molar-refractivity contribution in [3.63, 3.8) is 0 Å². The van der Waals surface area contributed by atoms with E-state index in [4.69, 9.17) is 14.2 Å². The van der Waals surface area contributed by atoms with Crippen LogP contribution >= 0.6 is 0 Å². The van der Waals surface area contributed by atoms with Gasteiger partial charge in [0.05, 0.1) is 18.8 Å². The lowest BCUT2D eigenvalue weighted by atomic mass is 10.1. The van der Waals surface area contributed by atoms with Gasteiger partial charge in [-0.15, -0.1) is 0 Å². The van der Waals surface area contributed by atoms with Crippen LogP contribution in [0, 0.1) is 17.2 Å². The standard InChI is InChI=1S/C34H45NO5/c1-4-6-7-8-9-10-11-12-13-14-23-38-31-21-17-29(18-22-31)34(37)40-32-19-15-28(16-20-32)24-30(25-35)33(36)39-26-27(3)5-2/h15-22,24,27H,4-14,23,26H2,1-3H3/b30-24+. The fourth-order valence-corrected chi connectivity index (χ4v) is 3.98. The Labute approximate surface area is 240 Å². The van der Waals surface area contributed by atoms with E-state index < -0.39 is 11.9 Å². The smallest absolute Gasteiger partial charge is 0.348 e. The van der Waals surface area contributed by atoms with Crippen molar-refractivity contribution < 1.29 is 23.8 Å². The number of hydrogen-bond donors (Lipinski definition) is 0. The molecular weight excluding hydrogens is 502 g/mol. The molecule has 0 aromatic heterocycles. The van der Waals surface area contributed by atoms with E-state index in [0.29, 0.717) is 23.5 Å². The minimum atomic E-state index is -0.644. The average molecular weight is 548 g/mol. The number of hydrogen-bond acceptors (Lipinski definition) is 6. The molecule has 216 valence electrons. The molecule has 6 nitrogen and oxygen atoms in total. The van der Waals surface area contributed by atoms with E-state index in [0.717, 1.165) is 18.6 Å². The van der Waals surface area contributed by atoms with Crippen LogP contribution in [0.25, 0.3) is 6.08 Å². The molecule has 0 fully saturated rings. The Kier molecular flexibility index (Phi) is 15.9. The molecule has 40 heavy (non-hydrogen) atoms. The molecule has 0 aliphatic carbocycles. The first kappa shape index (κ1) is 32.6. The number of rotatable bonds is 19. The highest BCUT2D eigenvalue weighted by Crippen LogP contribution is 2.19. The predicted octanol–water partition coefficient (Wildman–Crippen LogP) is 8.70. The van der Waals surface area contributed by atoms with Crippen molar-refractivity contribution >= 4 is 18.0 Å². The molecule has 0 saturated carbocycles. The molecule has 0 saturated heterocycles. The second-order valence-corrected chi connectivity index (χ2v) is 10.3. The van der Waals surface area contributed by atoms with Gasteiger partial charge in [0.15, 0.2) is 0 Å². The first-order valence-corrected chi connectivity index (χ1v) is 14.8. The van der Waals surface area contributed by atoms with E-state index in [9.17, 15) is 14.9 Å². The van der Waals surface area contributed by atoms with Crippen LogP contribution in [0.3, 0.4) is 0 Å². The number of nitrogens with zero attached hydrogens (tertiary/aromatic N) is 1. The summed E-state index contributed by atoms with van der Waals surface area (Å²) in [7, 11) is 0. The topological polar surface area (TPSA) is 85.6 Å².